The van der Waals surface area contributed by atoms with Crippen LogP contribution in [0.3, 0.4) is 0 Å². The molecule has 102 valence electrons. The number of amides is 1. The molecule has 4 nitrogen and oxygen atoms in total. The molecule has 0 unspecified atom stereocenters. The summed E-state index contributed by atoms with van der Waals surface area (Å²) < 4.78 is 0. The molecule has 1 fully saturated rings. The van der Waals surface area contributed by atoms with Crippen LogP contribution in [0.2, 0.25) is 10.0 Å². The van der Waals surface area contributed by atoms with Gasteiger partial charge in [0.2, 0.25) is 0 Å². The van der Waals surface area contributed by atoms with Crippen LogP contribution in [0.4, 0.5) is 0 Å². The number of carboxylic acid groups (broad SMARTS) is 1. The van der Waals surface area contributed by atoms with Crippen molar-refractivity contribution >= 4 is 35.1 Å². The van der Waals surface area contributed by atoms with E-state index < -0.39 is 5.97 Å². The zero-order chi connectivity index (χ0) is 14.0. The first kappa shape index (κ1) is 14.2. The number of carboxylic acids is 1. The second-order valence-corrected chi connectivity index (χ2v) is 5.55. The van der Waals surface area contributed by atoms with E-state index in [9.17, 15) is 9.59 Å². The predicted molar refractivity (Wildman–Crippen MR) is 72.7 cm³/mol. The molecular weight excluding hydrogens is 289 g/mol. The third-order valence-corrected chi connectivity index (χ3v) is 3.68. The highest BCUT2D eigenvalue weighted by Gasteiger charge is 2.30. The van der Waals surface area contributed by atoms with E-state index in [2.05, 4.69) is 5.32 Å². The van der Waals surface area contributed by atoms with Crippen molar-refractivity contribution in [3.63, 3.8) is 0 Å². The van der Waals surface area contributed by atoms with Gasteiger partial charge in [-0.1, -0.05) is 23.2 Å². The number of hydrogen-bond donors (Lipinski definition) is 2. The van der Waals surface area contributed by atoms with Crippen LogP contribution in [-0.2, 0) is 4.79 Å². The van der Waals surface area contributed by atoms with Gasteiger partial charge in [0.15, 0.2) is 0 Å². The summed E-state index contributed by atoms with van der Waals surface area (Å²) in [6.07, 6.45) is 1.74. The number of rotatable bonds is 3. The zero-order valence-corrected chi connectivity index (χ0v) is 11.5. The van der Waals surface area contributed by atoms with E-state index in [1.165, 1.54) is 12.1 Å². The minimum atomic E-state index is -0.803. The van der Waals surface area contributed by atoms with Crippen molar-refractivity contribution in [3.05, 3.63) is 33.8 Å². The van der Waals surface area contributed by atoms with Gasteiger partial charge in [-0.3, -0.25) is 9.59 Å². The van der Waals surface area contributed by atoms with Gasteiger partial charge in [0.05, 0.1) is 5.92 Å². The average molecular weight is 302 g/mol. The summed E-state index contributed by atoms with van der Waals surface area (Å²) >= 11 is 11.7. The predicted octanol–water partition coefficient (Wildman–Crippen LogP) is 2.98. The minimum absolute atomic E-state index is 0.105. The molecule has 1 amide bonds. The molecule has 1 aromatic rings. The maximum Gasteiger partial charge on any atom is 0.306 e. The minimum Gasteiger partial charge on any atom is -0.481 e. The van der Waals surface area contributed by atoms with Crippen molar-refractivity contribution in [3.8, 4) is 0 Å². The molecule has 1 aliphatic carbocycles. The third kappa shape index (κ3) is 3.61. The normalized spacial score (nSPS) is 22.2. The molecule has 0 aliphatic heterocycles. The second kappa shape index (κ2) is 5.80. The summed E-state index contributed by atoms with van der Waals surface area (Å²) in [7, 11) is 0. The molecule has 19 heavy (non-hydrogen) atoms. The molecular formula is C13H13Cl2NO3. The van der Waals surface area contributed by atoms with Crippen molar-refractivity contribution in [2.45, 2.75) is 25.3 Å². The SMILES string of the molecule is O=C(N[C@H]1CC[C@@H](C(=O)O)C1)c1cc(Cl)cc(Cl)c1. The lowest BCUT2D eigenvalue weighted by Crippen LogP contribution is -2.33. The molecule has 0 saturated heterocycles. The van der Waals surface area contributed by atoms with E-state index in [1.54, 1.807) is 6.07 Å². The Morgan fingerprint density at radius 1 is 1.16 bits per heavy atom. The number of halogens is 2. The Morgan fingerprint density at radius 3 is 2.32 bits per heavy atom. The highest BCUT2D eigenvalue weighted by molar-refractivity contribution is 6.35. The number of benzene rings is 1. The molecule has 2 atom stereocenters. The van der Waals surface area contributed by atoms with Gasteiger partial charge in [0, 0.05) is 21.7 Å². The summed E-state index contributed by atoms with van der Waals surface area (Å²) in [6, 6.07) is 4.51. The van der Waals surface area contributed by atoms with Crippen LogP contribution >= 0.6 is 23.2 Å². The first-order valence-electron chi connectivity index (χ1n) is 5.95. The molecule has 2 rings (SSSR count). The molecule has 1 saturated carbocycles. The summed E-state index contributed by atoms with van der Waals surface area (Å²) in [6.45, 7) is 0. The summed E-state index contributed by atoms with van der Waals surface area (Å²) in [5, 5.41) is 12.5. The van der Waals surface area contributed by atoms with Gasteiger partial charge in [-0.05, 0) is 37.5 Å². The standard InChI is InChI=1S/C13H13Cl2NO3/c14-9-3-8(4-10(15)6-9)12(17)16-11-2-1-7(5-11)13(18)19/h3-4,6-7,11H,1-2,5H2,(H,16,17)(H,18,19)/t7-,11+/m1/s1. The van der Waals surface area contributed by atoms with Crippen molar-refractivity contribution in [1.82, 2.24) is 5.32 Å². The van der Waals surface area contributed by atoms with Crippen LogP contribution in [0.1, 0.15) is 29.6 Å². The van der Waals surface area contributed by atoms with E-state index in [1.807, 2.05) is 0 Å². The molecule has 0 bridgehead atoms. The Morgan fingerprint density at radius 2 is 1.79 bits per heavy atom. The van der Waals surface area contributed by atoms with E-state index in [0.717, 1.165) is 0 Å². The Balaban J connectivity index is 2.00. The molecule has 6 heteroatoms. The van der Waals surface area contributed by atoms with Crippen molar-refractivity contribution in [2.75, 3.05) is 0 Å². The highest BCUT2D eigenvalue weighted by Crippen LogP contribution is 2.26. The fraction of sp³-hybridized carbons (Fsp3) is 0.385. The van der Waals surface area contributed by atoms with Crippen LogP contribution in [0.25, 0.3) is 0 Å². The lowest BCUT2D eigenvalue weighted by molar-refractivity contribution is -0.141. The largest absolute Gasteiger partial charge is 0.481 e. The monoisotopic (exact) mass is 301 g/mol. The second-order valence-electron chi connectivity index (χ2n) is 4.68. The Labute approximate surface area is 120 Å². The Kier molecular flexibility index (Phi) is 4.32. The number of aliphatic carboxylic acids is 1. The third-order valence-electron chi connectivity index (χ3n) is 3.24. The van der Waals surface area contributed by atoms with E-state index >= 15 is 0 Å². The lowest BCUT2D eigenvalue weighted by Gasteiger charge is -2.12. The van der Waals surface area contributed by atoms with Crippen molar-refractivity contribution < 1.29 is 14.7 Å². The molecule has 2 N–H and O–H groups in total. The van der Waals surface area contributed by atoms with Crippen molar-refractivity contribution in [1.29, 1.82) is 0 Å². The van der Waals surface area contributed by atoms with Crippen LogP contribution < -0.4 is 5.32 Å². The van der Waals surface area contributed by atoms with Crippen LogP contribution in [0.5, 0.6) is 0 Å². The Bertz CT molecular complexity index is 498. The van der Waals surface area contributed by atoms with Crippen LogP contribution in [0.15, 0.2) is 18.2 Å². The number of carbonyl (C=O) groups is 2. The zero-order valence-electron chi connectivity index (χ0n) is 10.0. The summed E-state index contributed by atoms with van der Waals surface area (Å²) in [4.78, 5) is 22.9. The van der Waals surface area contributed by atoms with Crippen LogP contribution in [-0.4, -0.2) is 23.0 Å². The molecule has 1 aliphatic rings. The molecule has 1 aromatic carbocycles. The van der Waals surface area contributed by atoms with E-state index in [4.69, 9.17) is 28.3 Å². The lowest BCUT2D eigenvalue weighted by atomic mass is 10.1. The smallest absolute Gasteiger partial charge is 0.306 e. The maximum absolute atomic E-state index is 12.0. The highest BCUT2D eigenvalue weighted by atomic mass is 35.5. The number of nitrogens with one attached hydrogen (secondary N) is 1. The number of hydrogen-bond acceptors (Lipinski definition) is 2. The molecule has 0 heterocycles. The van der Waals surface area contributed by atoms with Gasteiger partial charge in [0.1, 0.15) is 0 Å². The van der Waals surface area contributed by atoms with Gasteiger partial charge in [-0.15, -0.1) is 0 Å². The summed E-state index contributed by atoms with van der Waals surface area (Å²) in [5.41, 5.74) is 0.385. The van der Waals surface area contributed by atoms with E-state index in [0.29, 0.717) is 34.9 Å². The first-order valence-corrected chi connectivity index (χ1v) is 6.71. The Hall–Kier alpha value is -1.26. The van der Waals surface area contributed by atoms with Gasteiger partial charge in [0.25, 0.3) is 5.91 Å². The molecule has 0 spiro atoms. The topological polar surface area (TPSA) is 66.4 Å². The summed E-state index contributed by atoms with van der Waals surface area (Å²) in [5.74, 6) is -1.45. The quantitative estimate of drug-likeness (QED) is 0.902. The molecule has 0 aromatic heterocycles. The first-order chi connectivity index (χ1) is 8.95. The van der Waals surface area contributed by atoms with Gasteiger partial charge < -0.3 is 10.4 Å². The maximum atomic E-state index is 12.0. The fourth-order valence-corrected chi connectivity index (χ4v) is 2.82. The van der Waals surface area contributed by atoms with Gasteiger partial charge in [-0.2, -0.15) is 0 Å². The van der Waals surface area contributed by atoms with Gasteiger partial charge in [-0.25, -0.2) is 0 Å². The fourth-order valence-electron chi connectivity index (χ4n) is 2.29. The van der Waals surface area contributed by atoms with Crippen molar-refractivity contribution in [2.24, 2.45) is 5.92 Å². The molecule has 0 radical (unpaired) electrons. The number of carbonyl (C=O) groups excluding carboxylic acids is 1. The average Bonchev–Trinajstić information content (AvgIpc) is 2.76. The van der Waals surface area contributed by atoms with Crippen LogP contribution in [0, 0.1) is 5.92 Å². The van der Waals surface area contributed by atoms with Gasteiger partial charge >= 0.3 is 5.97 Å². The van der Waals surface area contributed by atoms with E-state index in [-0.39, 0.29) is 17.9 Å².